The van der Waals surface area contributed by atoms with Crippen molar-refractivity contribution < 1.29 is 81.6 Å². The fourth-order valence-electron chi connectivity index (χ4n) is 8.19. The van der Waals surface area contributed by atoms with Gasteiger partial charge in [-0.25, -0.2) is 9.59 Å². The molecule has 4 aliphatic rings. The van der Waals surface area contributed by atoms with Crippen molar-refractivity contribution in [2.75, 3.05) is 46.2 Å². The van der Waals surface area contributed by atoms with Gasteiger partial charge in [0.1, 0.15) is 38.2 Å². The van der Waals surface area contributed by atoms with Gasteiger partial charge in [-0.3, -0.25) is 14.4 Å². The minimum atomic E-state index is -1.11. The van der Waals surface area contributed by atoms with Crippen molar-refractivity contribution in [3.63, 3.8) is 0 Å². The van der Waals surface area contributed by atoms with E-state index in [4.69, 9.17) is 53.5 Å². The lowest BCUT2D eigenvalue weighted by molar-refractivity contribution is -0.150. The van der Waals surface area contributed by atoms with Crippen LogP contribution in [-0.2, 0) is 79.8 Å². The number of rotatable bonds is 23. The molecule has 3 heterocycles. The van der Waals surface area contributed by atoms with Crippen LogP contribution in [0.15, 0.2) is 109 Å². The Hall–Kier alpha value is -6.45. The van der Waals surface area contributed by atoms with Crippen LogP contribution in [0.5, 0.6) is 0 Å². The van der Waals surface area contributed by atoms with Crippen LogP contribution in [0.4, 0.5) is 4.79 Å². The molecule has 8 rings (SSSR count). The smallest absolute Gasteiger partial charge is 0.407 e. The van der Waals surface area contributed by atoms with Gasteiger partial charge in [-0.15, -0.1) is 0 Å². The molecule has 3 fully saturated rings. The zero-order valence-corrected chi connectivity index (χ0v) is 44.4. The van der Waals surface area contributed by atoms with Crippen molar-refractivity contribution >= 4 is 51.7 Å². The average Bonchev–Trinajstić information content (AvgIpc) is 4.42. The first kappa shape index (κ1) is 64.1. The fourth-order valence-corrected chi connectivity index (χ4v) is 8.19. The first-order valence-electron chi connectivity index (χ1n) is 26.0. The molecule has 78 heavy (non-hydrogen) atoms. The van der Waals surface area contributed by atoms with Crippen LogP contribution in [0.1, 0.15) is 93.4 Å². The molecule has 5 N–H and O–H groups in total. The first-order chi connectivity index (χ1) is 37.8. The maximum atomic E-state index is 12.3. The number of fused-ring (bicyclic) bond motifs is 3. The zero-order chi connectivity index (χ0) is 56.5. The Kier molecular flexibility index (Phi) is 30.1. The van der Waals surface area contributed by atoms with E-state index in [0.717, 1.165) is 52.5 Å². The summed E-state index contributed by atoms with van der Waals surface area (Å²) in [7, 11) is 8.00. The Bertz CT molecular complexity index is 2340. The molecule has 0 spiro atoms. The van der Waals surface area contributed by atoms with Crippen molar-refractivity contribution in [3.8, 4) is 11.1 Å². The Morgan fingerprint density at radius 3 is 1.40 bits per heavy atom. The first-order valence-corrected chi connectivity index (χ1v) is 26.0. The molecule has 1 aliphatic carbocycles. The number of nitrogens with one attached hydrogen (secondary N) is 1. The maximum absolute atomic E-state index is 12.3. The number of benzene rings is 4. The molecule has 418 valence electrons. The second-order valence-electron chi connectivity index (χ2n) is 18.3. The molecule has 3 aliphatic heterocycles. The summed E-state index contributed by atoms with van der Waals surface area (Å²) in [5.74, 6) is -2.92. The van der Waals surface area contributed by atoms with Gasteiger partial charge < -0.3 is 68.7 Å². The molecular formula is C57H72B2N2O17. The van der Waals surface area contributed by atoms with E-state index < -0.39 is 36.4 Å². The van der Waals surface area contributed by atoms with E-state index in [1.165, 1.54) is 0 Å². The monoisotopic (exact) mass is 1080 g/mol. The molecular weight excluding hydrogens is 1010 g/mol. The third-order valence-corrected chi connectivity index (χ3v) is 12.5. The Balaban J connectivity index is 0.000000234. The normalized spacial score (nSPS) is 16.2. The molecule has 3 saturated heterocycles. The summed E-state index contributed by atoms with van der Waals surface area (Å²) >= 11 is 0. The quantitative estimate of drug-likeness (QED) is 0.0258. The highest BCUT2D eigenvalue weighted by Crippen LogP contribution is 2.44. The number of carboxylic acids is 2. The zero-order valence-electron chi connectivity index (χ0n) is 44.4. The number of hydrogen-bond donors (Lipinski definition) is 4. The minimum absolute atomic E-state index is 0.0725. The molecule has 4 aromatic carbocycles. The van der Waals surface area contributed by atoms with E-state index in [1.807, 2.05) is 104 Å². The van der Waals surface area contributed by atoms with Gasteiger partial charge >= 0.3 is 30.0 Å². The molecule has 4 radical (unpaired) electrons. The number of carbonyl (C=O) groups is 6. The molecule has 21 heteroatoms. The van der Waals surface area contributed by atoms with Crippen molar-refractivity contribution in [2.24, 2.45) is 17.6 Å². The summed E-state index contributed by atoms with van der Waals surface area (Å²) in [6.45, 7) is 7.91. The summed E-state index contributed by atoms with van der Waals surface area (Å²) in [5, 5.41) is 20.3. The van der Waals surface area contributed by atoms with Gasteiger partial charge in [0.25, 0.3) is 0 Å². The lowest BCUT2D eigenvalue weighted by Crippen LogP contribution is -2.42. The highest BCUT2D eigenvalue weighted by Gasteiger charge is 2.31. The second-order valence-corrected chi connectivity index (χ2v) is 18.3. The number of aldehydes is 1. The highest BCUT2D eigenvalue weighted by atomic mass is 16.7. The van der Waals surface area contributed by atoms with Crippen LogP contribution in [0.2, 0.25) is 0 Å². The summed E-state index contributed by atoms with van der Waals surface area (Å²) in [5.41, 5.74) is 11.7. The lowest BCUT2D eigenvalue weighted by Gasteiger charge is -2.18. The third-order valence-electron chi connectivity index (χ3n) is 12.5. The number of nitrogens with two attached hydrogens (primary N) is 1. The topological polar surface area (TPSA) is 264 Å². The summed E-state index contributed by atoms with van der Waals surface area (Å²) in [4.78, 5) is 67.5. The number of ether oxygens (including phenoxy) is 9. The van der Waals surface area contributed by atoms with E-state index in [9.17, 15) is 33.9 Å². The van der Waals surface area contributed by atoms with Crippen LogP contribution in [0.25, 0.3) is 11.1 Å². The molecule has 0 aromatic heterocycles. The molecule has 4 aromatic rings. The predicted molar refractivity (Wildman–Crippen MR) is 288 cm³/mol. The van der Waals surface area contributed by atoms with Gasteiger partial charge in [0.15, 0.2) is 18.9 Å². The van der Waals surface area contributed by atoms with Crippen LogP contribution >= 0.6 is 0 Å². The number of carbonyl (C=O) groups excluding carboxylic acids is 4. The van der Waals surface area contributed by atoms with Crippen LogP contribution < -0.4 is 11.1 Å². The van der Waals surface area contributed by atoms with Crippen molar-refractivity contribution in [2.45, 2.75) is 115 Å². The minimum Gasteiger partial charge on any atom is -0.480 e. The van der Waals surface area contributed by atoms with Gasteiger partial charge in [-0.05, 0) is 65.5 Å². The van der Waals surface area contributed by atoms with Gasteiger partial charge in [0.2, 0.25) is 0 Å². The lowest BCUT2D eigenvalue weighted by atomic mass is 9.81. The van der Waals surface area contributed by atoms with Crippen LogP contribution in [0, 0.1) is 11.8 Å². The van der Waals surface area contributed by atoms with E-state index in [1.54, 1.807) is 6.92 Å². The highest BCUT2D eigenvalue weighted by molar-refractivity contribution is 6.75. The molecule has 4 atom stereocenters. The molecule has 0 saturated carbocycles. The standard InChI is InChI=1S/C22H23NO6.C15H20O4.C13H16O3.C7H13NO4.B2/c24-21(25)19(9-10-20-27-11-12-28-20)23-22(26)29-13-18-16-7-3-1-5-14(16)15-6-2-4-8-17(15)18;1-12(7-8-14-17-9-10-18-14)15(16)19-11-13-5-3-2-4-6-13;1-11(6-5-9-14)13(15)16-10-12-7-3-2-4-8-12;8-5(7(9)10)1-2-6-11-3-4-12-6;1-2/h1-8,18-20H,9-13H2,(H,23,26)(H,24,25);2-6,12,14H,7-11H2,1H3;2-4,7-9,11H,5-6,10H2,1H3;5-6H,1-4,8H2,(H,9,10);/t19-;12-;11-;5-;/m0000./s1. The van der Waals surface area contributed by atoms with Gasteiger partial charge in [-0.2, -0.15) is 0 Å². The third kappa shape index (κ3) is 23.3. The average molecular weight is 1080 g/mol. The van der Waals surface area contributed by atoms with E-state index in [-0.39, 0.29) is 55.3 Å². The van der Waals surface area contributed by atoms with Crippen molar-refractivity contribution in [1.29, 1.82) is 0 Å². The largest absolute Gasteiger partial charge is 0.480 e. The number of aliphatic carboxylic acids is 2. The predicted octanol–water partition coefficient (Wildman–Crippen LogP) is 6.79. The Morgan fingerprint density at radius 2 is 0.974 bits per heavy atom. The Morgan fingerprint density at radius 1 is 0.577 bits per heavy atom. The number of alkyl carbamates (subject to hydrolysis) is 1. The van der Waals surface area contributed by atoms with E-state index >= 15 is 0 Å². The molecule has 19 nitrogen and oxygen atoms in total. The maximum Gasteiger partial charge on any atom is 0.407 e. The second kappa shape index (κ2) is 36.6. The fraction of sp³-hybridized carbons (Fsp3) is 0.474. The van der Waals surface area contributed by atoms with Gasteiger partial charge in [0, 0.05) is 40.7 Å². The van der Waals surface area contributed by atoms with Crippen molar-refractivity contribution in [3.05, 3.63) is 131 Å². The van der Waals surface area contributed by atoms with Gasteiger partial charge in [-0.1, -0.05) is 123 Å². The molecule has 0 unspecified atom stereocenters. The number of esters is 2. The number of amides is 1. The number of hydrogen-bond acceptors (Lipinski definition) is 16. The molecule has 1 amide bonds. The van der Waals surface area contributed by atoms with E-state index in [2.05, 4.69) is 32.9 Å². The molecule has 0 bridgehead atoms. The van der Waals surface area contributed by atoms with Crippen LogP contribution in [-0.4, -0.2) is 139 Å². The van der Waals surface area contributed by atoms with Crippen LogP contribution in [0.3, 0.4) is 0 Å². The van der Waals surface area contributed by atoms with E-state index in [0.29, 0.717) is 85.0 Å². The summed E-state index contributed by atoms with van der Waals surface area (Å²) in [6.07, 6.45) is 3.20. The Labute approximate surface area is 458 Å². The summed E-state index contributed by atoms with van der Waals surface area (Å²) in [6, 6.07) is 33.4. The van der Waals surface area contributed by atoms with Gasteiger partial charge in [0.05, 0.1) is 51.5 Å². The van der Waals surface area contributed by atoms with Crippen molar-refractivity contribution in [1.82, 2.24) is 5.32 Å². The SMILES string of the molecule is C[C@@H](CCC1OCCO1)C(=O)OCc1ccccc1.C[C@@H](CCC=O)C(=O)OCc1ccccc1.N[C@@H](CCC1OCCO1)C(=O)O.O=C(N[C@@H](CCC1OCCO1)C(=O)O)OCC1c2ccccc2-c2ccccc21.[B][B]. The number of carboxylic acid groups (broad SMARTS) is 2. The summed E-state index contributed by atoms with van der Waals surface area (Å²) < 4.78 is 47.4.